The number of nitrogens with zero attached hydrogens (tertiary/aromatic N) is 1. The molecule has 0 aromatic carbocycles. The highest BCUT2D eigenvalue weighted by molar-refractivity contribution is 7.47. The molecule has 0 aliphatic heterocycles. The molecule has 9 nitrogen and oxygen atoms in total. The standard InChI is InChI=1S/C68H132NO8P/c1-6-8-10-12-14-16-18-20-22-23-24-25-26-27-28-29-30-31-32-33-34-35-36-37-38-39-40-41-42-43-44-45-47-49-51-53-55-57-59-61-68(71)77-66(65-76-78(72,73)75-63-62-69(3,4)5)64-74-67(70)60-58-56-54-52-50-48-46-21-19-17-15-13-11-9-7-2/h18,20,23-24,66H,6-17,19,21-22,25-65H2,1-5H3/p+1/b20-18-,24-23-. The second-order valence-corrected chi connectivity index (χ2v) is 26.0. The van der Waals surface area contributed by atoms with Crippen molar-refractivity contribution in [1.82, 2.24) is 0 Å². The molecule has 2 atom stereocenters. The average molecular weight is 1120 g/mol. The smallest absolute Gasteiger partial charge is 0.462 e. The molecule has 0 rings (SSSR count). The van der Waals surface area contributed by atoms with Gasteiger partial charge >= 0.3 is 19.8 Å². The minimum atomic E-state index is -4.38. The van der Waals surface area contributed by atoms with E-state index in [9.17, 15) is 19.0 Å². The van der Waals surface area contributed by atoms with E-state index >= 15 is 0 Å². The Balaban J connectivity index is 3.86. The van der Waals surface area contributed by atoms with Crippen molar-refractivity contribution in [2.24, 2.45) is 0 Å². The molecule has 0 aromatic heterocycles. The summed E-state index contributed by atoms with van der Waals surface area (Å²) in [5, 5.41) is 0. The third kappa shape index (κ3) is 63.7. The van der Waals surface area contributed by atoms with Gasteiger partial charge in [0.2, 0.25) is 0 Å². The van der Waals surface area contributed by atoms with Crippen LogP contribution in [0.15, 0.2) is 24.3 Å². The molecule has 0 amide bonds. The lowest BCUT2D eigenvalue weighted by Crippen LogP contribution is -2.37. The summed E-state index contributed by atoms with van der Waals surface area (Å²) < 4.78 is 34.6. The van der Waals surface area contributed by atoms with Gasteiger partial charge in [0.1, 0.15) is 19.8 Å². The van der Waals surface area contributed by atoms with Crippen molar-refractivity contribution in [3.8, 4) is 0 Å². The van der Waals surface area contributed by atoms with Gasteiger partial charge in [0.05, 0.1) is 27.7 Å². The molecule has 0 aliphatic rings. The summed E-state index contributed by atoms with van der Waals surface area (Å²) in [4.78, 5) is 35.7. The maximum atomic E-state index is 12.8. The molecule has 0 aliphatic carbocycles. The summed E-state index contributed by atoms with van der Waals surface area (Å²) in [6, 6.07) is 0. The Morgan fingerprint density at radius 1 is 0.397 bits per heavy atom. The van der Waals surface area contributed by atoms with Crippen LogP contribution in [-0.2, 0) is 32.7 Å². The monoisotopic (exact) mass is 1120 g/mol. The fraction of sp³-hybridized carbons (Fsp3) is 0.912. The molecule has 0 fully saturated rings. The van der Waals surface area contributed by atoms with E-state index in [-0.39, 0.29) is 25.6 Å². The molecular weight excluding hydrogens is 990 g/mol. The highest BCUT2D eigenvalue weighted by Crippen LogP contribution is 2.43. The van der Waals surface area contributed by atoms with Crippen molar-refractivity contribution in [1.29, 1.82) is 0 Å². The SMILES string of the molecule is CCCCCCC/C=C\C/C=C\CCCCCCCCCCCCCCCCCCCCCCCCCCCCCC(=O)OC(COC(=O)CCCCCCCCCCCCCCCCC)COP(=O)(O)OCC[N+](C)(C)C. The zero-order chi connectivity index (χ0) is 57.0. The minimum absolute atomic E-state index is 0.0362. The highest BCUT2D eigenvalue weighted by atomic mass is 31.2. The van der Waals surface area contributed by atoms with Crippen molar-refractivity contribution >= 4 is 19.8 Å². The third-order valence-electron chi connectivity index (χ3n) is 15.5. The van der Waals surface area contributed by atoms with Crippen LogP contribution in [0.5, 0.6) is 0 Å². The number of hydrogen-bond acceptors (Lipinski definition) is 7. The topological polar surface area (TPSA) is 108 Å². The van der Waals surface area contributed by atoms with Gasteiger partial charge in [-0.1, -0.05) is 314 Å². The van der Waals surface area contributed by atoms with Crippen LogP contribution in [-0.4, -0.2) is 74.9 Å². The zero-order valence-electron chi connectivity index (χ0n) is 52.7. The van der Waals surface area contributed by atoms with E-state index in [1.165, 1.54) is 276 Å². The number of hydrogen-bond donors (Lipinski definition) is 1. The second-order valence-electron chi connectivity index (χ2n) is 24.6. The van der Waals surface area contributed by atoms with Crippen LogP contribution in [0.25, 0.3) is 0 Å². The molecule has 462 valence electrons. The van der Waals surface area contributed by atoms with Gasteiger partial charge in [-0.3, -0.25) is 18.6 Å². The van der Waals surface area contributed by atoms with Gasteiger partial charge in [0.15, 0.2) is 6.10 Å². The van der Waals surface area contributed by atoms with Crippen molar-refractivity contribution < 1.29 is 42.1 Å². The predicted molar refractivity (Wildman–Crippen MR) is 335 cm³/mol. The lowest BCUT2D eigenvalue weighted by atomic mass is 10.0. The fourth-order valence-corrected chi connectivity index (χ4v) is 11.0. The van der Waals surface area contributed by atoms with Gasteiger partial charge in [0.25, 0.3) is 0 Å². The van der Waals surface area contributed by atoms with Crippen LogP contribution >= 0.6 is 7.82 Å². The maximum absolute atomic E-state index is 12.8. The molecule has 0 spiro atoms. The zero-order valence-corrected chi connectivity index (χ0v) is 53.6. The first-order chi connectivity index (χ1) is 38.0. The van der Waals surface area contributed by atoms with Crippen LogP contribution in [0.1, 0.15) is 348 Å². The maximum Gasteiger partial charge on any atom is 0.472 e. The van der Waals surface area contributed by atoms with E-state index in [0.717, 1.165) is 44.9 Å². The molecule has 2 unspecified atom stereocenters. The number of ether oxygens (including phenoxy) is 2. The quantitative estimate of drug-likeness (QED) is 0.0211. The van der Waals surface area contributed by atoms with Gasteiger partial charge in [-0.05, 0) is 44.9 Å². The summed E-state index contributed by atoms with van der Waals surface area (Å²) in [5.74, 6) is -0.775. The fourth-order valence-electron chi connectivity index (χ4n) is 10.2. The summed E-state index contributed by atoms with van der Waals surface area (Å²) in [5.41, 5.74) is 0. The number of phosphoric acid groups is 1. The first-order valence-electron chi connectivity index (χ1n) is 34.1. The number of quaternary nitrogens is 1. The number of rotatable bonds is 64. The van der Waals surface area contributed by atoms with Gasteiger partial charge < -0.3 is 18.9 Å². The summed E-state index contributed by atoms with van der Waals surface area (Å²) in [7, 11) is 1.50. The Morgan fingerprint density at radius 3 is 1.01 bits per heavy atom. The van der Waals surface area contributed by atoms with Gasteiger partial charge in [-0.25, -0.2) is 4.57 Å². The van der Waals surface area contributed by atoms with Crippen LogP contribution < -0.4 is 0 Å². The molecule has 0 bridgehead atoms. The van der Waals surface area contributed by atoms with Crippen LogP contribution in [0.4, 0.5) is 0 Å². The molecule has 78 heavy (non-hydrogen) atoms. The van der Waals surface area contributed by atoms with E-state index in [1.807, 2.05) is 21.1 Å². The van der Waals surface area contributed by atoms with Crippen LogP contribution in [0, 0.1) is 0 Å². The average Bonchev–Trinajstić information content (AvgIpc) is 3.41. The summed E-state index contributed by atoms with van der Waals surface area (Å²) in [6.07, 6.45) is 74.4. The Kier molecular flexibility index (Phi) is 58.9. The van der Waals surface area contributed by atoms with Crippen molar-refractivity contribution in [2.45, 2.75) is 354 Å². The first kappa shape index (κ1) is 76.5. The van der Waals surface area contributed by atoms with Gasteiger partial charge in [-0.2, -0.15) is 0 Å². The Bertz CT molecular complexity index is 1370. The molecule has 1 N–H and O–H groups in total. The largest absolute Gasteiger partial charge is 0.472 e. The molecule has 0 saturated carbocycles. The highest BCUT2D eigenvalue weighted by Gasteiger charge is 2.27. The molecular formula is C68H133NO8P+. The molecule has 0 saturated heterocycles. The van der Waals surface area contributed by atoms with Gasteiger partial charge in [0, 0.05) is 12.8 Å². The number of carbonyl (C=O) groups is 2. The first-order valence-corrected chi connectivity index (χ1v) is 35.6. The Morgan fingerprint density at radius 2 is 0.692 bits per heavy atom. The number of likely N-dealkylation sites (N-methyl/N-ethyl adjacent to an activating group) is 1. The molecule has 0 aromatic rings. The van der Waals surface area contributed by atoms with E-state index < -0.39 is 26.5 Å². The van der Waals surface area contributed by atoms with Crippen LogP contribution in [0.2, 0.25) is 0 Å². The number of phosphoric ester groups is 1. The van der Waals surface area contributed by atoms with E-state index in [0.29, 0.717) is 17.4 Å². The number of allylic oxidation sites excluding steroid dienone is 4. The van der Waals surface area contributed by atoms with E-state index in [2.05, 4.69) is 38.2 Å². The summed E-state index contributed by atoms with van der Waals surface area (Å²) in [6.45, 7) is 4.48. The normalized spacial score (nSPS) is 13.3. The van der Waals surface area contributed by atoms with Crippen molar-refractivity contribution in [2.75, 3.05) is 47.5 Å². The Labute approximate surface area is 485 Å². The molecule has 0 heterocycles. The lowest BCUT2D eigenvalue weighted by Gasteiger charge is -2.24. The van der Waals surface area contributed by atoms with E-state index in [1.54, 1.807) is 0 Å². The van der Waals surface area contributed by atoms with E-state index in [4.69, 9.17) is 18.5 Å². The van der Waals surface area contributed by atoms with Gasteiger partial charge in [-0.15, -0.1) is 0 Å². The second kappa shape index (κ2) is 60.1. The lowest BCUT2D eigenvalue weighted by molar-refractivity contribution is -0.870. The predicted octanol–water partition coefficient (Wildman–Crippen LogP) is 21.7. The number of unbranched alkanes of at least 4 members (excludes halogenated alkanes) is 46. The third-order valence-corrected chi connectivity index (χ3v) is 16.5. The number of esters is 2. The molecule has 10 heteroatoms. The van der Waals surface area contributed by atoms with Crippen molar-refractivity contribution in [3.05, 3.63) is 24.3 Å². The van der Waals surface area contributed by atoms with Crippen molar-refractivity contribution in [3.63, 3.8) is 0 Å². The Hall–Kier alpha value is -1.51. The molecule has 0 radical (unpaired) electrons. The summed E-state index contributed by atoms with van der Waals surface area (Å²) >= 11 is 0. The minimum Gasteiger partial charge on any atom is -0.462 e. The van der Waals surface area contributed by atoms with Crippen LogP contribution in [0.3, 0.4) is 0 Å². The number of carbonyl (C=O) groups excluding carboxylic acids is 2.